The summed E-state index contributed by atoms with van der Waals surface area (Å²) in [5, 5.41) is 0.981. The van der Waals surface area contributed by atoms with Crippen LogP contribution in [0.1, 0.15) is 23.0 Å². The summed E-state index contributed by atoms with van der Waals surface area (Å²) < 4.78 is 1.72. The number of ketones is 1. The third kappa shape index (κ3) is 2.88. The Morgan fingerprint density at radius 2 is 1.68 bits per heavy atom. The maximum atomic E-state index is 11.7. The number of hydrogen-bond donors (Lipinski definition) is 0. The molecule has 0 aliphatic carbocycles. The van der Waals surface area contributed by atoms with E-state index in [2.05, 4.69) is 0 Å². The maximum absolute atomic E-state index is 11.7. The predicted molar refractivity (Wildman–Crippen MR) is 76.8 cm³/mol. The Hall–Kier alpha value is -1.58. The number of Topliss-reactive ketones (excluding diaryl/α,β-unsaturated/α-hetero) is 1. The highest BCUT2D eigenvalue weighted by molar-refractivity contribution is 6.34. The molecule has 0 unspecified atom stereocenters. The van der Waals surface area contributed by atoms with Crippen LogP contribution in [0.25, 0.3) is 5.69 Å². The van der Waals surface area contributed by atoms with Crippen LogP contribution in [0.5, 0.6) is 0 Å². The van der Waals surface area contributed by atoms with Gasteiger partial charge in [-0.25, -0.2) is 0 Å². The van der Waals surface area contributed by atoms with Crippen molar-refractivity contribution in [3.05, 3.63) is 62.0 Å². The first kappa shape index (κ1) is 13.8. The molecule has 0 aliphatic rings. The molecule has 1 aromatic heterocycles. The Morgan fingerprint density at radius 1 is 1.11 bits per heavy atom. The Balaban J connectivity index is 2.71. The first-order chi connectivity index (χ1) is 8.88. The minimum Gasteiger partial charge on any atom is -0.320 e. The smallest absolute Gasteiger partial charge is 0.192 e. The van der Waals surface area contributed by atoms with Crippen molar-refractivity contribution in [2.24, 2.45) is 0 Å². The molecule has 5 heteroatoms. The summed E-state index contributed by atoms with van der Waals surface area (Å²) in [4.78, 5) is 23.1. The summed E-state index contributed by atoms with van der Waals surface area (Å²) in [6, 6.07) is 6.48. The molecule has 0 spiro atoms. The van der Waals surface area contributed by atoms with Gasteiger partial charge in [0.15, 0.2) is 11.2 Å². The lowest BCUT2D eigenvalue weighted by Gasteiger charge is -2.12. The number of pyridine rings is 1. The van der Waals surface area contributed by atoms with Gasteiger partial charge >= 0.3 is 0 Å². The minimum absolute atomic E-state index is 0.140. The first-order valence-corrected chi connectivity index (χ1v) is 6.35. The molecule has 2 aromatic rings. The molecule has 0 saturated carbocycles. The summed E-state index contributed by atoms with van der Waals surface area (Å²) in [5.41, 5.74) is 1.27. The van der Waals surface area contributed by atoms with Gasteiger partial charge in [0.05, 0.1) is 5.56 Å². The quantitative estimate of drug-likeness (QED) is 0.793. The number of carbonyl (C=O) groups excluding carboxylic acids is 1. The van der Waals surface area contributed by atoms with Crippen LogP contribution in [0.3, 0.4) is 0 Å². The zero-order chi connectivity index (χ0) is 14.2. The van der Waals surface area contributed by atoms with E-state index in [0.29, 0.717) is 21.4 Å². The van der Waals surface area contributed by atoms with Crippen molar-refractivity contribution in [2.75, 3.05) is 0 Å². The van der Waals surface area contributed by atoms with Gasteiger partial charge in [-0.15, -0.1) is 0 Å². The zero-order valence-corrected chi connectivity index (χ0v) is 11.9. The second-order valence-corrected chi connectivity index (χ2v) is 5.12. The van der Waals surface area contributed by atoms with Gasteiger partial charge in [0, 0.05) is 33.7 Å². The Labute approximate surface area is 120 Å². The predicted octanol–water partition coefficient (Wildman–Crippen LogP) is 3.66. The first-order valence-electron chi connectivity index (χ1n) is 5.59. The van der Waals surface area contributed by atoms with Crippen LogP contribution in [0, 0.1) is 6.92 Å². The number of aromatic nitrogens is 1. The van der Waals surface area contributed by atoms with Gasteiger partial charge in [-0.2, -0.15) is 0 Å². The van der Waals surface area contributed by atoms with E-state index >= 15 is 0 Å². The van der Waals surface area contributed by atoms with E-state index in [9.17, 15) is 9.59 Å². The largest absolute Gasteiger partial charge is 0.320 e. The lowest BCUT2D eigenvalue weighted by atomic mass is 10.1. The van der Waals surface area contributed by atoms with Crippen LogP contribution in [0.2, 0.25) is 10.0 Å². The molecular weight excluding hydrogens is 285 g/mol. The highest BCUT2D eigenvalue weighted by Gasteiger charge is 2.10. The van der Waals surface area contributed by atoms with Gasteiger partial charge in [0.25, 0.3) is 0 Å². The molecule has 0 aliphatic heterocycles. The highest BCUT2D eigenvalue weighted by Crippen LogP contribution is 2.22. The van der Waals surface area contributed by atoms with Gasteiger partial charge in [-0.05, 0) is 32.0 Å². The minimum atomic E-state index is -0.283. The summed E-state index contributed by atoms with van der Waals surface area (Å²) >= 11 is 11.9. The topological polar surface area (TPSA) is 39.1 Å². The molecule has 3 nitrogen and oxygen atoms in total. The van der Waals surface area contributed by atoms with Crippen molar-refractivity contribution in [3.63, 3.8) is 0 Å². The molecule has 0 bridgehead atoms. The number of halogens is 2. The fraction of sp³-hybridized carbons (Fsp3) is 0.143. The summed E-state index contributed by atoms with van der Waals surface area (Å²) in [7, 11) is 0. The Kier molecular flexibility index (Phi) is 3.78. The second-order valence-electron chi connectivity index (χ2n) is 4.25. The highest BCUT2D eigenvalue weighted by atomic mass is 35.5. The number of nitrogens with zero attached hydrogens (tertiary/aromatic N) is 1. The molecule has 0 N–H and O–H groups in total. The second kappa shape index (κ2) is 5.19. The van der Waals surface area contributed by atoms with E-state index in [1.807, 2.05) is 0 Å². The van der Waals surface area contributed by atoms with Crippen LogP contribution in [0.4, 0.5) is 0 Å². The van der Waals surface area contributed by atoms with Crippen LogP contribution in [-0.4, -0.2) is 10.4 Å². The van der Waals surface area contributed by atoms with E-state index in [4.69, 9.17) is 23.2 Å². The van der Waals surface area contributed by atoms with Crippen molar-refractivity contribution < 1.29 is 4.79 Å². The fourth-order valence-electron chi connectivity index (χ4n) is 1.85. The normalized spacial score (nSPS) is 10.5. The fourth-order valence-corrected chi connectivity index (χ4v) is 2.37. The van der Waals surface area contributed by atoms with Crippen molar-refractivity contribution >= 4 is 29.0 Å². The van der Waals surface area contributed by atoms with E-state index < -0.39 is 0 Å². The van der Waals surface area contributed by atoms with E-state index in [1.165, 1.54) is 19.2 Å². The van der Waals surface area contributed by atoms with Gasteiger partial charge in [-0.3, -0.25) is 9.59 Å². The molecule has 1 heterocycles. The molecule has 98 valence electrons. The van der Waals surface area contributed by atoms with Crippen molar-refractivity contribution in [1.82, 2.24) is 4.57 Å². The lowest BCUT2D eigenvalue weighted by molar-refractivity contribution is 0.101. The number of carbonyl (C=O) groups is 1. The molecule has 0 radical (unpaired) electrons. The molecule has 19 heavy (non-hydrogen) atoms. The van der Waals surface area contributed by atoms with E-state index in [0.717, 1.165) is 0 Å². The third-order valence-corrected chi connectivity index (χ3v) is 3.18. The third-order valence-electron chi connectivity index (χ3n) is 2.75. The number of benzene rings is 1. The lowest BCUT2D eigenvalue weighted by Crippen LogP contribution is -2.17. The number of rotatable bonds is 2. The molecular formula is C14H11Cl2NO2. The van der Waals surface area contributed by atoms with Crippen molar-refractivity contribution in [3.8, 4) is 5.69 Å². The average molecular weight is 296 g/mol. The van der Waals surface area contributed by atoms with Crippen molar-refractivity contribution in [2.45, 2.75) is 13.8 Å². The van der Waals surface area contributed by atoms with E-state index in [-0.39, 0.29) is 16.8 Å². The summed E-state index contributed by atoms with van der Waals surface area (Å²) in [6.45, 7) is 3.14. The maximum Gasteiger partial charge on any atom is 0.192 e. The van der Waals surface area contributed by atoms with E-state index in [1.54, 1.807) is 29.7 Å². The average Bonchev–Trinajstić information content (AvgIpc) is 2.26. The summed E-state index contributed by atoms with van der Waals surface area (Å²) in [5.74, 6) is -0.271. The van der Waals surface area contributed by atoms with Crippen molar-refractivity contribution in [1.29, 1.82) is 0 Å². The zero-order valence-electron chi connectivity index (χ0n) is 10.4. The van der Waals surface area contributed by atoms with Gasteiger partial charge < -0.3 is 4.57 Å². The Morgan fingerprint density at radius 3 is 2.21 bits per heavy atom. The molecule has 0 saturated heterocycles. The van der Waals surface area contributed by atoms with Crippen LogP contribution < -0.4 is 5.43 Å². The monoisotopic (exact) mass is 295 g/mol. The standard InChI is InChI=1S/C14H11Cl2NO2/c1-8-3-14(19)13(9(2)18)7-17(8)12-5-10(15)4-11(16)6-12/h3-7H,1-2H3. The number of hydrogen-bond acceptors (Lipinski definition) is 2. The summed E-state index contributed by atoms with van der Waals surface area (Å²) in [6.07, 6.45) is 1.52. The van der Waals surface area contributed by atoms with Gasteiger partial charge in [0.2, 0.25) is 0 Å². The molecule has 2 rings (SSSR count). The van der Waals surface area contributed by atoms with Gasteiger partial charge in [-0.1, -0.05) is 23.2 Å². The molecule has 0 fully saturated rings. The molecule has 0 atom stereocenters. The molecule has 0 amide bonds. The van der Waals surface area contributed by atoms with Crippen LogP contribution >= 0.6 is 23.2 Å². The van der Waals surface area contributed by atoms with Crippen LogP contribution in [0.15, 0.2) is 35.3 Å². The Bertz CT molecular complexity index is 700. The van der Waals surface area contributed by atoms with Gasteiger partial charge in [0.1, 0.15) is 0 Å². The molecule has 1 aromatic carbocycles. The number of aryl methyl sites for hydroxylation is 1. The SMILES string of the molecule is CC(=O)c1cn(-c2cc(Cl)cc(Cl)c2)c(C)cc1=O. The van der Waals surface area contributed by atoms with Crippen LogP contribution in [-0.2, 0) is 0 Å².